The number of rotatable bonds is 5. The van der Waals surface area contributed by atoms with Gasteiger partial charge in [-0.2, -0.15) is 0 Å². The van der Waals surface area contributed by atoms with Crippen LogP contribution in [0.4, 0.5) is 0 Å². The van der Waals surface area contributed by atoms with Gasteiger partial charge in [-0.3, -0.25) is 9.69 Å². The van der Waals surface area contributed by atoms with E-state index in [0.717, 1.165) is 38.1 Å². The second-order valence-corrected chi connectivity index (χ2v) is 8.25. The number of carbonyl (C=O) groups excluding carboxylic acids is 1. The highest BCUT2D eigenvalue weighted by Crippen LogP contribution is 2.33. The summed E-state index contributed by atoms with van der Waals surface area (Å²) < 4.78 is 11.4. The number of nitrogens with zero attached hydrogens (tertiary/aromatic N) is 1. The third-order valence-corrected chi connectivity index (χ3v) is 6.11. The first-order valence-electron chi connectivity index (χ1n) is 8.94. The maximum atomic E-state index is 12.4. The summed E-state index contributed by atoms with van der Waals surface area (Å²) in [4.78, 5) is 17.7. The van der Waals surface area contributed by atoms with Crippen molar-refractivity contribution in [3.8, 4) is 0 Å². The monoisotopic (exact) mass is 360 g/mol. The maximum absolute atomic E-state index is 12.4. The number of amides is 1. The lowest BCUT2D eigenvalue weighted by atomic mass is 9.98. The van der Waals surface area contributed by atoms with Crippen LogP contribution in [0.3, 0.4) is 0 Å². The summed E-state index contributed by atoms with van der Waals surface area (Å²) in [5.74, 6) is 0.738. The normalized spacial score (nSPS) is 26.5. The SMILES string of the molecule is Cc1ccc(CN2CC[C@H]3O[C@@H](C(=O)NCc4ccco4)CC[C@H]32)s1. The number of nitrogens with one attached hydrogen (secondary N) is 1. The van der Waals surface area contributed by atoms with Crippen molar-refractivity contribution in [3.05, 3.63) is 46.0 Å². The number of likely N-dealkylation sites (tertiary alicyclic amines) is 1. The zero-order valence-corrected chi connectivity index (χ0v) is 15.3. The quantitative estimate of drug-likeness (QED) is 0.890. The molecule has 0 unspecified atom stereocenters. The average Bonchev–Trinajstić information content (AvgIpc) is 3.35. The number of aryl methyl sites for hydroxylation is 1. The molecule has 2 aromatic rings. The second kappa shape index (κ2) is 7.32. The first-order valence-corrected chi connectivity index (χ1v) is 9.75. The van der Waals surface area contributed by atoms with Crippen LogP contribution in [-0.4, -0.2) is 35.6 Å². The van der Waals surface area contributed by atoms with Crippen molar-refractivity contribution in [1.82, 2.24) is 10.2 Å². The highest BCUT2D eigenvalue weighted by molar-refractivity contribution is 7.11. The minimum atomic E-state index is -0.333. The summed E-state index contributed by atoms with van der Waals surface area (Å²) in [6.45, 7) is 4.62. The van der Waals surface area contributed by atoms with Gasteiger partial charge in [-0.05, 0) is 50.5 Å². The Kier molecular flexibility index (Phi) is 4.92. The van der Waals surface area contributed by atoms with Crippen LogP contribution in [0.15, 0.2) is 34.9 Å². The molecule has 0 aromatic carbocycles. The van der Waals surface area contributed by atoms with Crippen LogP contribution in [0.25, 0.3) is 0 Å². The van der Waals surface area contributed by atoms with Crippen LogP contribution in [0.1, 0.15) is 34.8 Å². The number of hydrogen-bond acceptors (Lipinski definition) is 5. The van der Waals surface area contributed by atoms with Gasteiger partial charge in [-0.25, -0.2) is 0 Å². The molecule has 0 radical (unpaired) electrons. The van der Waals surface area contributed by atoms with Gasteiger partial charge in [0.15, 0.2) is 0 Å². The van der Waals surface area contributed by atoms with Gasteiger partial charge in [-0.15, -0.1) is 11.3 Å². The standard InChI is InChI=1S/C19H24N2O3S/c1-13-4-5-15(25-13)12-21-9-8-17-16(21)6-7-18(24-17)19(22)20-11-14-3-2-10-23-14/h2-5,10,16-18H,6-9,11-12H2,1H3,(H,20,22)/t16-,17-,18-/m1/s1. The van der Waals surface area contributed by atoms with Gasteiger partial charge in [0.1, 0.15) is 11.9 Å². The number of carbonyl (C=O) groups is 1. The Balaban J connectivity index is 1.29. The molecule has 2 aromatic heterocycles. The van der Waals surface area contributed by atoms with Crippen molar-refractivity contribution in [2.24, 2.45) is 0 Å². The third-order valence-electron chi connectivity index (χ3n) is 5.13. The van der Waals surface area contributed by atoms with E-state index in [-0.39, 0.29) is 18.1 Å². The van der Waals surface area contributed by atoms with Crippen molar-refractivity contribution in [1.29, 1.82) is 0 Å². The van der Waals surface area contributed by atoms with E-state index in [1.54, 1.807) is 6.26 Å². The lowest BCUT2D eigenvalue weighted by Crippen LogP contribution is -2.47. The van der Waals surface area contributed by atoms with E-state index >= 15 is 0 Å². The molecule has 4 rings (SSSR count). The molecule has 6 heteroatoms. The number of thiophene rings is 1. The molecule has 2 fully saturated rings. The summed E-state index contributed by atoms with van der Waals surface area (Å²) in [6, 6.07) is 8.54. The van der Waals surface area contributed by atoms with E-state index in [1.165, 1.54) is 9.75 Å². The molecule has 0 saturated carbocycles. The molecule has 0 bridgehead atoms. The second-order valence-electron chi connectivity index (χ2n) is 6.88. The van der Waals surface area contributed by atoms with E-state index in [1.807, 2.05) is 23.5 Å². The Morgan fingerprint density at radius 3 is 3.00 bits per heavy atom. The van der Waals surface area contributed by atoms with Gasteiger partial charge in [0.25, 0.3) is 0 Å². The Hall–Kier alpha value is -1.63. The molecule has 2 saturated heterocycles. The Morgan fingerprint density at radius 1 is 1.32 bits per heavy atom. The zero-order chi connectivity index (χ0) is 17.2. The molecule has 1 N–H and O–H groups in total. The van der Waals surface area contributed by atoms with Crippen LogP contribution in [-0.2, 0) is 22.6 Å². The van der Waals surface area contributed by atoms with Crippen LogP contribution in [0.2, 0.25) is 0 Å². The van der Waals surface area contributed by atoms with Crippen molar-refractivity contribution in [3.63, 3.8) is 0 Å². The lowest BCUT2D eigenvalue weighted by Gasteiger charge is -2.35. The van der Waals surface area contributed by atoms with Crippen LogP contribution >= 0.6 is 11.3 Å². The molecule has 1 amide bonds. The fraction of sp³-hybridized carbons (Fsp3) is 0.526. The van der Waals surface area contributed by atoms with Crippen LogP contribution in [0, 0.1) is 6.92 Å². The number of fused-ring (bicyclic) bond motifs is 1. The van der Waals surface area contributed by atoms with Crippen LogP contribution < -0.4 is 5.32 Å². The molecule has 0 spiro atoms. The largest absolute Gasteiger partial charge is 0.467 e. The molecular weight excluding hydrogens is 336 g/mol. The average molecular weight is 360 g/mol. The number of furan rings is 1. The fourth-order valence-corrected chi connectivity index (χ4v) is 4.79. The molecule has 3 atom stereocenters. The van der Waals surface area contributed by atoms with E-state index in [0.29, 0.717) is 12.6 Å². The van der Waals surface area contributed by atoms with Gasteiger partial charge < -0.3 is 14.5 Å². The molecule has 2 aliphatic heterocycles. The molecule has 0 aliphatic carbocycles. The first-order chi connectivity index (χ1) is 12.2. The maximum Gasteiger partial charge on any atom is 0.249 e. The minimum Gasteiger partial charge on any atom is -0.467 e. The van der Waals surface area contributed by atoms with Crippen molar-refractivity contribution in [2.45, 2.75) is 57.5 Å². The van der Waals surface area contributed by atoms with E-state index < -0.39 is 0 Å². The van der Waals surface area contributed by atoms with Crippen molar-refractivity contribution < 1.29 is 13.9 Å². The molecular formula is C19H24N2O3S. The summed E-state index contributed by atoms with van der Waals surface area (Å²) in [7, 11) is 0. The van der Waals surface area contributed by atoms with Gasteiger partial charge >= 0.3 is 0 Å². The predicted molar refractivity (Wildman–Crippen MR) is 96.3 cm³/mol. The highest BCUT2D eigenvalue weighted by atomic mass is 32.1. The van der Waals surface area contributed by atoms with Gasteiger partial charge in [-0.1, -0.05) is 0 Å². The number of ether oxygens (including phenoxy) is 1. The Labute approximate surface area is 152 Å². The van der Waals surface area contributed by atoms with E-state index in [2.05, 4.69) is 29.3 Å². The smallest absolute Gasteiger partial charge is 0.249 e. The summed E-state index contributed by atoms with van der Waals surface area (Å²) >= 11 is 1.87. The molecule has 134 valence electrons. The van der Waals surface area contributed by atoms with E-state index in [9.17, 15) is 4.79 Å². The Bertz CT molecular complexity index is 712. The lowest BCUT2D eigenvalue weighted by molar-refractivity contribution is -0.144. The predicted octanol–water partition coefficient (Wildman–Crippen LogP) is 3.09. The van der Waals surface area contributed by atoms with Crippen molar-refractivity contribution in [2.75, 3.05) is 6.54 Å². The summed E-state index contributed by atoms with van der Waals surface area (Å²) in [5.41, 5.74) is 0. The topological polar surface area (TPSA) is 54.7 Å². The zero-order valence-electron chi connectivity index (χ0n) is 14.4. The molecule has 5 nitrogen and oxygen atoms in total. The Morgan fingerprint density at radius 2 is 2.24 bits per heavy atom. The third kappa shape index (κ3) is 3.81. The van der Waals surface area contributed by atoms with E-state index in [4.69, 9.17) is 9.15 Å². The number of hydrogen-bond donors (Lipinski definition) is 1. The molecule has 2 aliphatic rings. The molecule has 4 heterocycles. The fourth-order valence-electron chi connectivity index (χ4n) is 3.88. The molecule has 25 heavy (non-hydrogen) atoms. The summed E-state index contributed by atoms with van der Waals surface area (Å²) in [5, 5.41) is 2.92. The van der Waals surface area contributed by atoms with Crippen LogP contribution in [0.5, 0.6) is 0 Å². The highest BCUT2D eigenvalue weighted by Gasteiger charge is 2.41. The van der Waals surface area contributed by atoms with Gasteiger partial charge in [0, 0.05) is 28.9 Å². The summed E-state index contributed by atoms with van der Waals surface area (Å²) in [6.07, 6.45) is 4.27. The van der Waals surface area contributed by atoms with Gasteiger partial charge in [0.2, 0.25) is 5.91 Å². The van der Waals surface area contributed by atoms with Crippen molar-refractivity contribution >= 4 is 17.2 Å². The van der Waals surface area contributed by atoms with Gasteiger partial charge in [0.05, 0.1) is 18.9 Å². The first kappa shape index (κ1) is 16.8. The minimum absolute atomic E-state index is 0.0258.